The third kappa shape index (κ3) is 4.15. The van der Waals surface area contributed by atoms with Crippen molar-refractivity contribution in [3.05, 3.63) is 65.2 Å². The second-order valence-electron chi connectivity index (χ2n) is 6.87. The molecule has 0 unspecified atom stereocenters. The summed E-state index contributed by atoms with van der Waals surface area (Å²) in [7, 11) is -2.41. The van der Waals surface area contributed by atoms with E-state index in [9.17, 15) is 18.6 Å². The van der Waals surface area contributed by atoms with Crippen LogP contribution >= 0.6 is 0 Å². The molecule has 0 spiro atoms. The molecule has 0 fully saturated rings. The molecule has 2 aromatic rings. The van der Waals surface area contributed by atoms with Crippen molar-refractivity contribution in [2.75, 3.05) is 13.7 Å². The Kier molecular flexibility index (Phi) is 6.58. The number of aryl methyl sites for hydroxylation is 1. The number of aliphatic hydroxyl groups excluding tert-OH is 2. The lowest BCUT2D eigenvalue weighted by Crippen LogP contribution is -2.43. The average molecular weight is 378 g/mol. The van der Waals surface area contributed by atoms with Crippen LogP contribution in [0.3, 0.4) is 0 Å². The summed E-state index contributed by atoms with van der Waals surface area (Å²) in [5.41, 5.74) is 2.01. The van der Waals surface area contributed by atoms with Crippen LogP contribution in [-0.2, 0) is 10.0 Å². The Bertz CT molecular complexity index is 831. The van der Waals surface area contributed by atoms with E-state index in [-0.39, 0.29) is 17.4 Å². The fourth-order valence-electron chi connectivity index (χ4n) is 2.95. The maximum absolute atomic E-state index is 13.2. The topological polar surface area (TPSA) is 77.8 Å². The molecular formula is C20H27NO4S. The first-order chi connectivity index (χ1) is 12.2. The van der Waals surface area contributed by atoms with Crippen molar-refractivity contribution in [3.63, 3.8) is 0 Å². The molecule has 0 heterocycles. The van der Waals surface area contributed by atoms with Crippen LogP contribution in [0.4, 0.5) is 0 Å². The molecule has 0 radical (unpaired) electrons. The van der Waals surface area contributed by atoms with E-state index in [1.165, 1.54) is 17.4 Å². The smallest absolute Gasteiger partial charge is 0.243 e. The van der Waals surface area contributed by atoms with Crippen LogP contribution in [0.1, 0.15) is 36.6 Å². The monoisotopic (exact) mass is 377 g/mol. The SMILES string of the molecule is Cc1ccc([C@@H](O)c2ccccc2S(=O)(=O)N(C)[C@H](CO)C(C)C)cc1. The van der Waals surface area contributed by atoms with Crippen molar-refractivity contribution in [1.82, 2.24) is 4.31 Å². The number of likely N-dealkylation sites (N-methyl/N-ethyl adjacent to an activating group) is 1. The molecule has 0 bridgehead atoms. The van der Waals surface area contributed by atoms with Gasteiger partial charge in [-0.15, -0.1) is 0 Å². The molecular weight excluding hydrogens is 350 g/mol. The van der Waals surface area contributed by atoms with Gasteiger partial charge in [0, 0.05) is 12.6 Å². The standard InChI is InChI=1S/C20H27NO4S/c1-14(2)18(13-22)21(4)26(24,25)19-8-6-5-7-17(19)20(23)16-11-9-15(3)10-12-16/h5-12,14,18,20,22-23H,13H2,1-4H3/t18-,20-/m1/s1. The molecule has 2 atom stereocenters. The lowest BCUT2D eigenvalue weighted by molar-refractivity contribution is 0.167. The molecule has 142 valence electrons. The minimum atomic E-state index is -3.87. The molecule has 0 amide bonds. The fourth-order valence-corrected chi connectivity index (χ4v) is 4.65. The Morgan fingerprint density at radius 3 is 2.15 bits per heavy atom. The molecule has 0 aliphatic heterocycles. The van der Waals surface area contributed by atoms with Gasteiger partial charge in [0.15, 0.2) is 0 Å². The number of sulfonamides is 1. The number of benzene rings is 2. The summed E-state index contributed by atoms with van der Waals surface area (Å²) in [6, 6.07) is 13.2. The van der Waals surface area contributed by atoms with E-state index in [0.29, 0.717) is 11.1 Å². The average Bonchev–Trinajstić information content (AvgIpc) is 2.62. The van der Waals surface area contributed by atoms with Crippen molar-refractivity contribution in [1.29, 1.82) is 0 Å². The van der Waals surface area contributed by atoms with Crippen LogP contribution in [0, 0.1) is 12.8 Å². The summed E-state index contributed by atoms with van der Waals surface area (Å²) in [6.07, 6.45) is -1.05. The highest BCUT2D eigenvalue weighted by Crippen LogP contribution is 2.30. The minimum absolute atomic E-state index is 0.0473. The Morgan fingerprint density at radius 2 is 1.62 bits per heavy atom. The molecule has 26 heavy (non-hydrogen) atoms. The van der Waals surface area contributed by atoms with Crippen molar-refractivity contribution < 1.29 is 18.6 Å². The number of rotatable bonds is 7. The zero-order valence-corrected chi connectivity index (χ0v) is 16.4. The summed E-state index contributed by atoms with van der Waals surface area (Å²) >= 11 is 0. The molecule has 2 N–H and O–H groups in total. The lowest BCUT2D eigenvalue weighted by atomic mass is 10.0. The second-order valence-corrected chi connectivity index (χ2v) is 8.83. The van der Waals surface area contributed by atoms with Gasteiger partial charge in [-0.2, -0.15) is 4.31 Å². The molecule has 5 nitrogen and oxygen atoms in total. The highest BCUT2D eigenvalue weighted by molar-refractivity contribution is 7.89. The van der Waals surface area contributed by atoms with E-state index in [2.05, 4.69) is 0 Å². The summed E-state index contributed by atoms with van der Waals surface area (Å²) in [4.78, 5) is 0.0506. The summed E-state index contributed by atoms with van der Waals surface area (Å²) in [5, 5.41) is 20.4. The van der Waals surface area contributed by atoms with E-state index in [1.807, 2.05) is 32.9 Å². The van der Waals surface area contributed by atoms with Crippen LogP contribution in [0.15, 0.2) is 53.4 Å². The van der Waals surface area contributed by atoms with Gasteiger partial charge in [0.05, 0.1) is 17.5 Å². The quantitative estimate of drug-likeness (QED) is 0.778. The fraction of sp³-hybridized carbons (Fsp3) is 0.400. The van der Waals surface area contributed by atoms with Crippen molar-refractivity contribution in [2.45, 2.75) is 37.8 Å². The minimum Gasteiger partial charge on any atom is -0.395 e. The summed E-state index contributed by atoms with van der Waals surface area (Å²) in [6.45, 7) is 5.40. The van der Waals surface area contributed by atoms with Gasteiger partial charge in [0.2, 0.25) is 10.0 Å². The largest absolute Gasteiger partial charge is 0.395 e. The van der Waals surface area contributed by atoms with Gasteiger partial charge in [0.1, 0.15) is 6.10 Å². The van der Waals surface area contributed by atoms with E-state index in [0.717, 1.165) is 5.56 Å². The van der Waals surface area contributed by atoms with Crippen LogP contribution < -0.4 is 0 Å². The zero-order valence-electron chi connectivity index (χ0n) is 15.6. The molecule has 2 aromatic carbocycles. The van der Waals surface area contributed by atoms with E-state index >= 15 is 0 Å². The predicted octanol–water partition coefficient (Wildman–Crippen LogP) is 2.71. The van der Waals surface area contributed by atoms with Crippen LogP contribution in [0.25, 0.3) is 0 Å². The molecule has 0 aliphatic rings. The maximum Gasteiger partial charge on any atom is 0.243 e. The van der Waals surface area contributed by atoms with Crippen LogP contribution in [0.5, 0.6) is 0 Å². The normalized spacial score (nSPS) is 14.6. The zero-order chi connectivity index (χ0) is 19.5. The highest BCUT2D eigenvalue weighted by atomic mass is 32.2. The van der Waals surface area contributed by atoms with Gasteiger partial charge in [-0.05, 0) is 24.5 Å². The first-order valence-electron chi connectivity index (χ1n) is 8.62. The van der Waals surface area contributed by atoms with Gasteiger partial charge in [-0.1, -0.05) is 61.9 Å². The number of hydrogen-bond donors (Lipinski definition) is 2. The van der Waals surface area contributed by atoms with Gasteiger partial charge in [-0.25, -0.2) is 8.42 Å². The summed E-state index contributed by atoms with van der Waals surface area (Å²) < 4.78 is 27.5. The van der Waals surface area contributed by atoms with Gasteiger partial charge >= 0.3 is 0 Å². The summed E-state index contributed by atoms with van der Waals surface area (Å²) in [5.74, 6) is -0.0473. The van der Waals surface area contributed by atoms with Gasteiger partial charge in [-0.3, -0.25) is 0 Å². The number of aliphatic hydroxyl groups is 2. The molecule has 2 rings (SSSR count). The lowest BCUT2D eigenvalue weighted by Gasteiger charge is -2.30. The predicted molar refractivity (Wildman–Crippen MR) is 102 cm³/mol. The van der Waals surface area contributed by atoms with Crippen molar-refractivity contribution in [2.24, 2.45) is 5.92 Å². The Hall–Kier alpha value is -1.73. The number of hydrogen-bond acceptors (Lipinski definition) is 4. The first-order valence-corrected chi connectivity index (χ1v) is 10.1. The third-order valence-electron chi connectivity index (χ3n) is 4.69. The van der Waals surface area contributed by atoms with Crippen molar-refractivity contribution >= 4 is 10.0 Å². The van der Waals surface area contributed by atoms with E-state index < -0.39 is 22.2 Å². The second kappa shape index (κ2) is 8.31. The first kappa shape index (κ1) is 20.6. The van der Waals surface area contributed by atoms with Gasteiger partial charge in [0.25, 0.3) is 0 Å². The molecule has 0 aliphatic carbocycles. The number of nitrogens with zero attached hydrogens (tertiary/aromatic N) is 1. The third-order valence-corrected chi connectivity index (χ3v) is 6.64. The Balaban J connectivity index is 2.49. The van der Waals surface area contributed by atoms with Crippen LogP contribution in [0.2, 0.25) is 0 Å². The Morgan fingerprint density at radius 1 is 1.04 bits per heavy atom. The molecule has 0 saturated carbocycles. The molecule has 0 aromatic heterocycles. The van der Waals surface area contributed by atoms with Crippen LogP contribution in [-0.4, -0.2) is 42.6 Å². The highest BCUT2D eigenvalue weighted by Gasteiger charge is 2.32. The molecule has 6 heteroatoms. The van der Waals surface area contributed by atoms with E-state index in [1.54, 1.807) is 30.3 Å². The van der Waals surface area contributed by atoms with Gasteiger partial charge < -0.3 is 10.2 Å². The van der Waals surface area contributed by atoms with Crippen molar-refractivity contribution in [3.8, 4) is 0 Å². The Labute approximate surface area is 156 Å². The molecule has 0 saturated heterocycles. The maximum atomic E-state index is 13.2. The van der Waals surface area contributed by atoms with E-state index in [4.69, 9.17) is 0 Å².